The average Bonchev–Trinajstić information content (AvgIpc) is 2.57. The van der Waals surface area contributed by atoms with E-state index < -0.39 is 0 Å². The number of benzene rings is 3. The van der Waals surface area contributed by atoms with Gasteiger partial charge >= 0.3 is 0 Å². The summed E-state index contributed by atoms with van der Waals surface area (Å²) in [6.07, 6.45) is 2.29. The number of fused-ring (bicyclic) bond motifs is 5. The summed E-state index contributed by atoms with van der Waals surface area (Å²) < 4.78 is 1.19. The monoisotopic (exact) mass is 338 g/mol. The minimum atomic E-state index is 1.14. The van der Waals surface area contributed by atoms with Gasteiger partial charge in [-0.3, -0.25) is 0 Å². The van der Waals surface area contributed by atoms with Gasteiger partial charge in [0.1, 0.15) is 0 Å². The highest BCUT2D eigenvalue weighted by Crippen LogP contribution is 2.40. The summed E-state index contributed by atoms with van der Waals surface area (Å²) in [5.41, 5.74) is 5.76. The second kappa shape index (κ2) is 6.03. The average molecular weight is 339 g/mol. The molecule has 0 saturated heterocycles. The second-order valence-electron chi connectivity index (χ2n) is 5.09. The van der Waals surface area contributed by atoms with Crippen molar-refractivity contribution in [1.82, 2.24) is 0 Å². The van der Waals surface area contributed by atoms with Crippen molar-refractivity contribution in [1.29, 1.82) is 0 Å². The van der Waals surface area contributed by atoms with Gasteiger partial charge in [0.05, 0.1) is 0 Å². The van der Waals surface area contributed by atoms with Crippen LogP contribution >= 0.6 is 15.9 Å². The van der Waals surface area contributed by atoms with E-state index >= 15 is 0 Å². The molecule has 0 heterocycles. The van der Waals surface area contributed by atoms with Crippen molar-refractivity contribution < 1.29 is 0 Å². The molecular weight excluding hydrogens is 320 g/mol. The van der Waals surface area contributed by atoms with Crippen LogP contribution in [0.2, 0.25) is 0 Å². The lowest BCUT2D eigenvalue weighted by Crippen LogP contribution is -2.04. The summed E-state index contributed by atoms with van der Waals surface area (Å²) in [5, 5.41) is 2.71. The van der Waals surface area contributed by atoms with E-state index in [0.717, 1.165) is 12.8 Å². The smallest absolute Gasteiger partial charge is 0.0260 e. The lowest BCUT2D eigenvalue weighted by molar-refractivity contribution is 0.951. The van der Waals surface area contributed by atoms with Crippen molar-refractivity contribution in [2.45, 2.75) is 26.7 Å². The molecule has 21 heavy (non-hydrogen) atoms. The number of halogens is 1. The Morgan fingerprint density at radius 2 is 1.43 bits per heavy atom. The zero-order valence-electron chi connectivity index (χ0n) is 12.5. The van der Waals surface area contributed by atoms with Crippen molar-refractivity contribution in [2.24, 2.45) is 0 Å². The van der Waals surface area contributed by atoms with Crippen LogP contribution in [0.1, 0.15) is 25.0 Å². The van der Waals surface area contributed by atoms with Gasteiger partial charge in [0.25, 0.3) is 0 Å². The third-order valence-electron chi connectivity index (χ3n) is 4.06. The van der Waals surface area contributed by atoms with E-state index in [4.69, 9.17) is 0 Å². The van der Waals surface area contributed by atoms with Gasteiger partial charge in [-0.2, -0.15) is 0 Å². The molecule has 0 N–H and O–H groups in total. The SMILES string of the molecule is Brc1cc2c(c3ccccc13)CCc1ccccc1-2.CC. The van der Waals surface area contributed by atoms with E-state index in [0.29, 0.717) is 0 Å². The van der Waals surface area contributed by atoms with Gasteiger partial charge in [-0.25, -0.2) is 0 Å². The molecule has 106 valence electrons. The summed E-state index contributed by atoms with van der Waals surface area (Å²) in [5.74, 6) is 0. The van der Waals surface area contributed by atoms with Crippen molar-refractivity contribution in [3.63, 3.8) is 0 Å². The van der Waals surface area contributed by atoms with Crippen molar-refractivity contribution in [3.8, 4) is 11.1 Å². The number of hydrogen-bond acceptors (Lipinski definition) is 0. The van der Waals surface area contributed by atoms with E-state index in [9.17, 15) is 0 Å². The molecule has 3 aromatic carbocycles. The van der Waals surface area contributed by atoms with Crippen molar-refractivity contribution >= 4 is 26.7 Å². The highest BCUT2D eigenvalue weighted by atomic mass is 79.9. The number of aryl methyl sites for hydroxylation is 2. The van der Waals surface area contributed by atoms with Gasteiger partial charge in [-0.05, 0) is 51.9 Å². The molecule has 0 saturated carbocycles. The topological polar surface area (TPSA) is 0 Å². The first-order valence-electron chi connectivity index (χ1n) is 7.63. The van der Waals surface area contributed by atoms with E-state index in [1.165, 1.54) is 37.5 Å². The largest absolute Gasteiger partial charge is 0.0683 e. The molecule has 0 aromatic heterocycles. The fourth-order valence-electron chi connectivity index (χ4n) is 3.16. The lowest BCUT2D eigenvalue weighted by atomic mass is 9.83. The Bertz CT molecular complexity index is 787. The summed E-state index contributed by atoms with van der Waals surface area (Å²) >= 11 is 3.73. The molecule has 0 radical (unpaired) electrons. The molecule has 1 aliphatic carbocycles. The molecule has 0 aliphatic heterocycles. The van der Waals surface area contributed by atoms with Gasteiger partial charge in [-0.15, -0.1) is 0 Å². The Kier molecular flexibility index (Phi) is 4.12. The summed E-state index contributed by atoms with van der Waals surface area (Å²) in [6, 6.07) is 19.7. The third-order valence-corrected chi connectivity index (χ3v) is 4.71. The number of hydrogen-bond donors (Lipinski definition) is 0. The molecule has 1 aliphatic rings. The van der Waals surface area contributed by atoms with Gasteiger partial charge in [0, 0.05) is 4.47 Å². The molecule has 0 nitrogen and oxygen atoms in total. The fourth-order valence-corrected chi connectivity index (χ4v) is 3.74. The summed E-state index contributed by atoms with van der Waals surface area (Å²) in [6.45, 7) is 4.00. The normalized spacial score (nSPS) is 12.1. The molecular formula is C20H19Br. The highest BCUT2D eigenvalue weighted by Gasteiger charge is 2.18. The molecule has 0 spiro atoms. The van der Waals surface area contributed by atoms with E-state index in [-0.39, 0.29) is 0 Å². The summed E-state index contributed by atoms with van der Waals surface area (Å²) in [7, 11) is 0. The molecule has 0 amide bonds. The summed E-state index contributed by atoms with van der Waals surface area (Å²) in [4.78, 5) is 0. The van der Waals surface area contributed by atoms with Crippen LogP contribution in [0.25, 0.3) is 21.9 Å². The van der Waals surface area contributed by atoms with Gasteiger partial charge in [0.2, 0.25) is 0 Å². The predicted octanol–water partition coefficient (Wildman–Crippen LogP) is 6.39. The van der Waals surface area contributed by atoms with Crippen LogP contribution in [0.4, 0.5) is 0 Å². The lowest BCUT2D eigenvalue weighted by Gasteiger charge is -2.22. The fraction of sp³-hybridized carbons (Fsp3) is 0.200. The quantitative estimate of drug-likeness (QED) is 0.445. The molecule has 0 atom stereocenters. The van der Waals surface area contributed by atoms with Crippen molar-refractivity contribution in [2.75, 3.05) is 0 Å². The van der Waals surface area contributed by atoms with Crippen LogP contribution in [0.15, 0.2) is 59.1 Å². The van der Waals surface area contributed by atoms with Gasteiger partial charge in [-0.1, -0.05) is 78.3 Å². The molecule has 0 bridgehead atoms. The van der Waals surface area contributed by atoms with Gasteiger partial charge < -0.3 is 0 Å². The second-order valence-corrected chi connectivity index (χ2v) is 5.94. The predicted molar refractivity (Wildman–Crippen MR) is 95.8 cm³/mol. The molecule has 3 aromatic rings. The van der Waals surface area contributed by atoms with E-state index in [1.54, 1.807) is 0 Å². The van der Waals surface area contributed by atoms with Crippen LogP contribution in [0, 0.1) is 0 Å². The number of rotatable bonds is 0. The zero-order chi connectivity index (χ0) is 14.8. The van der Waals surface area contributed by atoms with Crippen LogP contribution in [0.3, 0.4) is 0 Å². The first-order chi connectivity index (χ1) is 10.3. The zero-order valence-corrected chi connectivity index (χ0v) is 14.1. The van der Waals surface area contributed by atoms with E-state index in [2.05, 4.69) is 70.5 Å². The van der Waals surface area contributed by atoms with Crippen LogP contribution in [-0.4, -0.2) is 0 Å². The first kappa shape index (κ1) is 14.3. The first-order valence-corrected chi connectivity index (χ1v) is 8.42. The van der Waals surface area contributed by atoms with E-state index in [1.807, 2.05) is 13.8 Å². The Balaban J connectivity index is 0.000000636. The van der Waals surface area contributed by atoms with Crippen LogP contribution in [0.5, 0.6) is 0 Å². The maximum atomic E-state index is 3.73. The van der Waals surface area contributed by atoms with Crippen LogP contribution in [-0.2, 0) is 12.8 Å². The maximum Gasteiger partial charge on any atom is 0.0260 e. The third kappa shape index (κ3) is 2.40. The Morgan fingerprint density at radius 3 is 2.24 bits per heavy atom. The maximum absolute atomic E-state index is 3.73. The molecule has 1 heteroatoms. The Hall–Kier alpha value is -1.60. The molecule has 0 unspecified atom stereocenters. The Labute approximate surface area is 134 Å². The minimum Gasteiger partial charge on any atom is -0.0683 e. The van der Waals surface area contributed by atoms with Crippen molar-refractivity contribution in [3.05, 3.63) is 70.2 Å². The van der Waals surface area contributed by atoms with Crippen LogP contribution < -0.4 is 0 Å². The standard InChI is InChI=1S/C18H13Br.C2H6/c19-18-11-17-13-6-2-1-5-12(13)9-10-15(17)14-7-3-4-8-16(14)18;1-2/h1-8,11H,9-10H2;1-2H3. The molecule has 4 rings (SSSR count). The highest BCUT2D eigenvalue weighted by molar-refractivity contribution is 9.10. The molecule has 0 fully saturated rings. The Morgan fingerprint density at radius 1 is 0.762 bits per heavy atom. The van der Waals surface area contributed by atoms with Gasteiger partial charge in [0.15, 0.2) is 0 Å². The minimum absolute atomic E-state index is 1.14.